The van der Waals surface area contributed by atoms with Crippen LogP contribution in [0.4, 0.5) is 5.95 Å². The molecular formula is C28H25ClN4OS. The Hall–Kier alpha value is -3.09. The monoisotopic (exact) mass is 500 g/mol. The minimum Gasteiger partial charge on any atom is -0.328 e. The maximum absolute atomic E-state index is 13.4. The largest absolute Gasteiger partial charge is 0.328 e. The van der Waals surface area contributed by atoms with Crippen molar-refractivity contribution in [3.05, 3.63) is 94.1 Å². The van der Waals surface area contributed by atoms with Crippen molar-refractivity contribution in [3.8, 4) is 0 Å². The Labute approximate surface area is 213 Å². The average molecular weight is 501 g/mol. The third-order valence-corrected chi connectivity index (χ3v) is 7.98. The van der Waals surface area contributed by atoms with Crippen LogP contribution in [0, 0.1) is 5.41 Å². The Morgan fingerprint density at radius 1 is 1.06 bits per heavy atom. The Morgan fingerprint density at radius 3 is 2.69 bits per heavy atom. The van der Waals surface area contributed by atoms with Crippen molar-refractivity contribution in [1.29, 1.82) is 0 Å². The van der Waals surface area contributed by atoms with Gasteiger partial charge in [0.05, 0.1) is 0 Å². The highest BCUT2D eigenvalue weighted by atomic mass is 35.5. The zero-order chi connectivity index (χ0) is 24.2. The molecular weight excluding hydrogens is 476 g/mol. The summed E-state index contributed by atoms with van der Waals surface area (Å²) in [5.74, 6) is 1.54. The number of Topliss-reactive ketones (excluding diaryl/α,β-unsaturated/α-hetero) is 1. The zero-order valence-electron chi connectivity index (χ0n) is 19.6. The first kappa shape index (κ1) is 22.4. The molecule has 1 aliphatic carbocycles. The summed E-state index contributed by atoms with van der Waals surface area (Å²) in [6.45, 7) is 4.26. The number of hydrogen-bond acceptors (Lipinski definition) is 5. The van der Waals surface area contributed by atoms with E-state index >= 15 is 0 Å². The van der Waals surface area contributed by atoms with Crippen molar-refractivity contribution in [3.63, 3.8) is 0 Å². The lowest BCUT2D eigenvalue weighted by Crippen LogP contribution is -2.36. The predicted molar refractivity (Wildman–Crippen MR) is 142 cm³/mol. The highest BCUT2D eigenvalue weighted by Crippen LogP contribution is 2.46. The molecule has 6 rings (SSSR count). The molecule has 1 atom stereocenters. The van der Waals surface area contributed by atoms with Gasteiger partial charge in [0.25, 0.3) is 0 Å². The number of nitrogens with one attached hydrogen (secondary N) is 1. The Morgan fingerprint density at radius 2 is 1.83 bits per heavy atom. The van der Waals surface area contributed by atoms with Crippen molar-refractivity contribution in [1.82, 2.24) is 14.8 Å². The first-order valence-corrected chi connectivity index (χ1v) is 13.1. The number of fused-ring (bicyclic) bond motifs is 2. The molecule has 0 radical (unpaired) electrons. The van der Waals surface area contributed by atoms with E-state index in [9.17, 15) is 4.79 Å². The van der Waals surface area contributed by atoms with Crippen LogP contribution in [0.3, 0.4) is 0 Å². The highest BCUT2D eigenvalue weighted by Gasteiger charge is 2.42. The van der Waals surface area contributed by atoms with Crippen molar-refractivity contribution in [2.24, 2.45) is 5.41 Å². The molecule has 0 bridgehead atoms. The van der Waals surface area contributed by atoms with E-state index in [2.05, 4.69) is 61.6 Å². The molecule has 0 saturated carbocycles. The van der Waals surface area contributed by atoms with Gasteiger partial charge in [-0.1, -0.05) is 97.9 Å². The molecule has 3 aromatic carbocycles. The minimum atomic E-state index is -0.391. The molecule has 5 nitrogen and oxygen atoms in total. The molecule has 1 N–H and O–H groups in total. The number of thioether (sulfide) groups is 1. The van der Waals surface area contributed by atoms with Crippen LogP contribution in [0.25, 0.3) is 10.8 Å². The van der Waals surface area contributed by atoms with Crippen molar-refractivity contribution in [2.75, 3.05) is 5.32 Å². The molecule has 176 valence electrons. The highest BCUT2D eigenvalue weighted by molar-refractivity contribution is 7.98. The van der Waals surface area contributed by atoms with E-state index in [0.29, 0.717) is 22.5 Å². The maximum Gasteiger partial charge on any atom is 0.227 e. The molecule has 4 aromatic rings. The number of halogens is 1. The standard InChI is InChI=1S/C28H25ClN4OS/c1-28(2)14-22-24(23(34)15-28)25(20-12-5-6-13-21(20)29)33-26(30-22)31-27(32-33)35-16-18-10-7-9-17-8-3-4-11-19(17)18/h3-13,25H,14-16H2,1-2H3,(H,30,31,32). The molecule has 2 heterocycles. The molecule has 0 saturated heterocycles. The third kappa shape index (κ3) is 4.05. The van der Waals surface area contributed by atoms with E-state index in [4.69, 9.17) is 21.7 Å². The number of benzene rings is 3. The summed E-state index contributed by atoms with van der Waals surface area (Å²) in [4.78, 5) is 18.2. The number of rotatable bonds is 4. The van der Waals surface area contributed by atoms with Crippen LogP contribution < -0.4 is 5.32 Å². The SMILES string of the molecule is CC1(C)CC(=O)C2=C(C1)Nc1nc(SCc3cccc4ccccc34)nn1C2c1ccccc1Cl. The Kier molecular flexibility index (Phi) is 5.46. The lowest BCUT2D eigenvalue weighted by molar-refractivity contribution is -0.118. The Balaban J connectivity index is 1.38. The van der Waals surface area contributed by atoms with Gasteiger partial charge in [-0.15, -0.1) is 5.10 Å². The predicted octanol–water partition coefficient (Wildman–Crippen LogP) is 7.04. The van der Waals surface area contributed by atoms with Crippen LogP contribution in [0.5, 0.6) is 0 Å². The first-order chi connectivity index (χ1) is 16.9. The van der Waals surface area contributed by atoms with Gasteiger partial charge in [-0.2, -0.15) is 4.98 Å². The normalized spacial score (nSPS) is 18.8. The molecule has 7 heteroatoms. The van der Waals surface area contributed by atoms with Crippen LogP contribution in [-0.2, 0) is 10.5 Å². The lowest BCUT2D eigenvalue weighted by Gasteiger charge is -2.38. The summed E-state index contributed by atoms with van der Waals surface area (Å²) < 4.78 is 1.84. The van der Waals surface area contributed by atoms with Gasteiger partial charge < -0.3 is 5.32 Å². The van der Waals surface area contributed by atoms with Gasteiger partial charge in [0, 0.05) is 34.0 Å². The quantitative estimate of drug-likeness (QED) is 0.305. The van der Waals surface area contributed by atoms with Crippen LogP contribution in [0.2, 0.25) is 5.02 Å². The molecule has 1 aromatic heterocycles. The average Bonchev–Trinajstić information content (AvgIpc) is 3.23. The second-order valence-electron chi connectivity index (χ2n) is 9.97. The van der Waals surface area contributed by atoms with Crippen molar-refractivity contribution >= 4 is 45.9 Å². The summed E-state index contributed by atoms with van der Waals surface area (Å²) in [7, 11) is 0. The van der Waals surface area contributed by atoms with E-state index in [1.807, 2.05) is 28.9 Å². The van der Waals surface area contributed by atoms with Crippen LogP contribution in [0.15, 0.2) is 83.2 Å². The van der Waals surface area contributed by atoms with E-state index in [1.54, 1.807) is 11.8 Å². The van der Waals surface area contributed by atoms with Crippen molar-refractivity contribution < 1.29 is 4.79 Å². The van der Waals surface area contributed by atoms with E-state index < -0.39 is 6.04 Å². The van der Waals surface area contributed by atoms with Crippen LogP contribution >= 0.6 is 23.4 Å². The van der Waals surface area contributed by atoms with Crippen LogP contribution in [0.1, 0.15) is 43.9 Å². The number of carbonyl (C=O) groups is 1. The molecule has 35 heavy (non-hydrogen) atoms. The summed E-state index contributed by atoms with van der Waals surface area (Å²) in [6, 6.07) is 22.1. The molecule has 1 unspecified atom stereocenters. The van der Waals surface area contributed by atoms with E-state index in [0.717, 1.165) is 29.0 Å². The van der Waals surface area contributed by atoms with Gasteiger partial charge in [0.1, 0.15) is 6.04 Å². The molecule has 1 aliphatic heterocycles. The molecule has 0 fully saturated rings. The third-order valence-electron chi connectivity index (χ3n) is 6.75. The summed E-state index contributed by atoms with van der Waals surface area (Å²) in [5, 5.41) is 12.1. The molecule has 0 spiro atoms. The van der Waals surface area contributed by atoms with Gasteiger partial charge in [-0.05, 0) is 34.2 Å². The smallest absolute Gasteiger partial charge is 0.227 e. The van der Waals surface area contributed by atoms with Gasteiger partial charge in [-0.25, -0.2) is 4.68 Å². The van der Waals surface area contributed by atoms with Crippen molar-refractivity contribution in [2.45, 2.75) is 43.6 Å². The fraction of sp³-hybridized carbons (Fsp3) is 0.250. The van der Waals surface area contributed by atoms with E-state index in [1.165, 1.54) is 16.3 Å². The summed E-state index contributed by atoms with van der Waals surface area (Å²) in [5.41, 5.74) is 3.68. The number of ketones is 1. The minimum absolute atomic E-state index is 0.109. The second-order valence-corrected chi connectivity index (χ2v) is 11.3. The van der Waals surface area contributed by atoms with E-state index in [-0.39, 0.29) is 11.2 Å². The van der Waals surface area contributed by atoms with Gasteiger partial charge >= 0.3 is 0 Å². The summed E-state index contributed by atoms with van der Waals surface area (Å²) >= 11 is 8.24. The lowest BCUT2D eigenvalue weighted by atomic mass is 9.73. The number of hydrogen-bond donors (Lipinski definition) is 1. The second kappa shape index (κ2) is 8.54. The first-order valence-electron chi connectivity index (χ1n) is 11.7. The number of carbonyl (C=O) groups excluding carboxylic acids is 1. The topological polar surface area (TPSA) is 59.8 Å². The zero-order valence-corrected chi connectivity index (χ0v) is 21.2. The number of allylic oxidation sites excluding steroid dienone is 2. The van der Waals surface area contributed by atoms with Gasteiger partial charge in [0.15, 0.2) is 5.78 Å². The fourth-order valence-electron chi connectivity index (χ4n) is 5.20. The van der Waals surface area contributed by atoms with Crippen LogP contribution in [-0.4, -0.2) is 20.5 Å². The fourth-order valence-corrected chi connectivity index (χ4v) is 6.27. The number of nitrogens with zero attached hydrogens (tertiary/aromatic N) is 3. The Bertz CT molecular complexity index is 1500. The maximum atomic E-state index is 13.4. The molecule has 0 amide bonds. The summed E-state index contributed by atoms with van der Waals surface area (Å²) in [6.07, 6.45) is 1.28. The molecule has 2 aliphatic rings. The van der Waals surface area contributed by atoms with Gasteiger partial charge in [-0.3, -0.25) is 4.79 Å². The van der Waals surface area contributed by atoms with Gasteiger partial charge in [0.2, 0.25) is 11.1 Å². The number of anilines is 1. The number of aromatic nitrogens is 3.